The van der Waals surface area contributed by atoms with Crippen molar-refractivity contribution in [3.63, 3.8) is 0 Å². The molecule has 0 bridgehead atoms. The molecule has 0 atom stereocenters. The normalized spacial score (nSPS) is 12.4. The number of rotatable bonds is 4. The van der Waals surface area contributed by atoms with Gasteiger partial charge >= 0.3 is 0 Å². The molecule has 0 saturated heterocycles. The maximum absolute atomic E-state index is 12.2. The summed E-state index contributed by atoms with van der Waals surface area (Å²) in [5.41, 5.74) is 3.37. The van der Waals surface area contributed by atoms with E-state index in [-0.39, 0.29) is 12.5 Å². The van der Waals surface area contributed by atoms with Gasteiger partial charge in [-0.3, -0.25) is 4.79 Å². The monoisotopic (exact) mass is 470 g/mol. The topological polar surface area (TPSA) is 89.4 Å². The zero-order valence-corrected chi connectivity index (χ0v) is 16.0. The van der Waals surface area contributed by atoms with Crippen LogP contribution in [-0.4, -0.2) is 31.1 Å². The molecule has 2 aromatic rings. The SMILES string of the molecule is COc1cc2c(cc1/C=N/NC(=O)c1cc(Br)c(O)c(Br)c1)OCO2. The minimum atomic E-state index is -0.433. The third-order valence-corrected chi connectivity index (χ3v) is 4.58. The summed E-state index contributed by atoms with van der Waals surface area (Å²) < 4.78 is 16.7. The number of amides is 1. The molecule has 1 aliphatic heterocycles. The third-order valence-electron chi connectivity index (χ3n) is 3.37. The first-order chi connectivity index (χ1) is 12.0. The summed E-state index contributed by atoms with van der Waals surface area (Å²) in [5.74, 6) is 1.30. The predicted molar refractivity (Wildman–Crippen MR) is 97.7 cm³/mol. The van der Waals surface area contributed by atoms with E-state index in [1.807, 2.05) is 0 Å². The van der Waals surface area contributed by atoms with Gasteiger partial charge in [-0.1, -0.05) is 0 Å². The third kappa shape index (κ3) is 3.72. The van der Waals surface area contributed by atoms with Crippen LogP contribution in [0.25, 0.3) is 0 Å². The lowest BCUT2D eigenvalue weighted by molar-refractivity contribution is 0.0955. The number of aromatic hydroxyl groups is 1. The fourth-order valence-corrected chi connectivity index (χ4v) is 3.32. The van der Waals surface area contributed by atoms with Crippen molar-refractivity contribution in [2.45, 2.75) is 0 Å². The minimum Gasteiger partial charge on any atom is -0.506 e. The highest BCUT2D eigenvalue weighted by atomic mass is 79.9. The van der Waals surface area contributed by atoms with Gasteiger partial charge in [0.2, 0.25) is 6.79 Å². The average Bonchev–Trinajstić information content (AvgIpc) is 3.05. The number of hydrazone groups is 1. The van der Waals surface area contributed by atoms with Crippen molar-refractivity contribution in [3.05, 3.63) is 44.3 Å². The molecule has 9 heteroatoms. The van der Waals surface area contributed by atoms with E-state index in [4.69, 9.17) is 14.2 Å². The average molecular weight is 472 g/mol. The molecule has 0 aliphatic carbocycles. The van der Waals surface area contributed by atoms with E-state index in [9.17, 15) is 9.90 Å². The molecule has 2 N–H and O–H groups in total. The zero-order valence-electron chi connectivity index (χ0n) is 12.9. The lowest BCUT2D eigenvalue weighted by Crippen LogP contribution is -2.17. The van der Waals surface area contributed by atoms with Crippen molar-refractivity contribution < 1.29 is 24.1 Å². The van der Waals surface area contributed by atoms with Gasteiger partial charge in [0.15, 0.2) is 11.5 Å². The highest BCUT2D eigenvalue weighted by molar-refractivity contribution is 9.11. The van der Waals surface area contributed by atoms with Crippen LogP contribution in [0.15, 0.2) is 38.3 Å². The van der Waals surface area contributed by atoms with E-state index in [2.05, 4.69) is 42.4 Å². The predicted octanol–water partition coefficient (Wildman–Crippen LogP) is 3.42. The van der Waals surface area contributed by atoms with E-state index in [0.29, 0.717) is 37.3 Å². The van der Waals surface area contributed by atoms with Crippen LogP contribution in [-0.2, 0) is 0 Å². The Bertz CT molecular complexity index is 847. The zero-order chi connectivity index (χ0) is 18.0. The Morgan fingerprint density at radius 2 is 1.88 bits per heavy atom. The molecule has 0 saturated carbocycles. The van der Waals surface area contributed by atoms with E-state index in [1.54, 1.807) is 12.1 Å². The Morgan fingerprint density at radius 3 is 2.52 bits per heavy atom. The second-order valence-electron chi connectivity index (χ2n) is 4.94. The number of methoxy groups -OCH3 is 1. The maximum atomic E-state index is 12.2. The molecule has 0 unspecified atom stereocenters. The summed E-state index contributed by atoms with van der Waals surface area (Å²) in [4.78, 5) is 12.2. The fraction of sp³-hybridized carbons (Fsp3) is 0.125. The fourth-order valence-electron chi connectivity index (χ4n) is 2.14. The molecule has 2 aromatic carbocycles. The molecule has 1 heterocycles. The van der Waals surface area contributed by atoms with Crippen LogP contribution < -0.4 is 19.6 Å². The maximum Gasteiger partial charge on any atom is 0.271 e. The second-order valence-corrected chi connectivity index (χ2v) is 6.64. The summed E-state index contributed by atoms with van der Waals surface area (Å²) in [7, 11) is 1.53. The molecule has 0 spiro atoms. The van der Waals surface area contributed by atoms with E-state index in [1.165, 1.54) is 25.5 Å². The van der Waals surface area contributed by atoms with Crippen LogP contribution in [0.3, 0.4) is 0 Å². The highest BCUT2D eigenvalue weighted by Gasteiger charge is 2.17. The Kier molecular flexibility index (Phi) is 5.14. The van der Waals surface area contributed by atoms with E-state index >= 15 is 0 Å². The Balaban J connectivity index is 1.76. The summed E-state index contributed by atoms with van der Waals surface area (Å²) in [6.45, 7) is 0.153. The minimum absolute atomic E-state index is 0.0187. The van der Waals surface area contributed by atoms with Crippen LogP contribution in [0.1, 0.15) is 15.9 Å². The highest BCUT2D eigenvalue weighted by Crippen LogP contribution is 2.37. The van der Waals surface area contributed by atoms with Gasteiger partial charge in [0.05, 0.1) is 22.3 Å². The number of hydrogen-bond donors (Lipinski definition) is 2. The van der Waals surface area contributed by atoms with Gasteiger partial charge in [-0.25, -0.2) is 5.43 Å². The number of phenolic OH excluding ortho intramolecular Hbond substituents is 1. The lowest BCUT2D eigenvalue weighted by Gasteiger charge is -2.07. The van der Waals surface area contributed by atoms with Crippen LogP contribution in [0.2, 0.25) is 0 Å². The van der Waals surface area contributed by atoms with Gasteiger partial charge in [0.25, 0.3) is 5.91 Å². The quantitative estimate of drug-likeness (QED) is 0.526. The number of carbonyl (C=O) groups is 1. The largest absolute Gasteiger partial charge is 0.506 e. The van der Waals surface area contributed by atoms with E-state index in [0.717, 1.165) is 0 Å². The number of ether oxygens (including phenoxy) is 3. The number of nitrogens with zero attached hydrogens (tertiary/aromatic N) is 1. The van der Waals surface area contributed by atoms with Gasteiger partial charge < -0.3 is 19.3 Å². The number of nitrogens with one attached hydrogen (secondary N) is 1. The molecule has 1 amide bonds. The van der Waals surface area contributed by atoms with Crippen LogP contribution >= 0.6 is 31.9 Å². The first-order valence-corrected chi connectivity index (χ1v) is 8.57. The smallest absolute Gasteiger partial charge is 0.271 e. The summed E-state index contributed by atoms with van der Waals surface area (Å²) in [6, 6.07) is 6.39. The first-order valence-electron chi connectivity index (χ1n) is 6.98. The number of phenols is 1. The number of halogens is 2. The Hall–Kier alpha value is -2.26. The van der Waals surface area contributed by atoms with Gasteiger partial charge in [0.1, 0.15) is 11.5 Å². The van der Waals surface area contributed by atoms with Gasteiger partial charge in [0, 0.05) is 17.2 Å². The molecule has 1 aliphatic rings. The van der Waals surface area contributed by atoms with Crippen molar-refractivity contribution in [2.75, 3.05) is 13.9 Å². The van der Waals surface area contributed by atoms with Crippen molar-refractivity contribution >= 4 is 44.0 Å². The van der Waals surface area contributed by atoms with Crippen molar-refractivity contribution in [2.24, 2.45) is 5.10 Å². The summed E-state index contributed by atoms with van der Waals surface area (Å²) in [6.07, 6.45) is 1.45. The van der Waals surface area contributed by atoms with Crippen molar-refractivity contribution in [3.8, 4) is 23.0 Å². The van der Waals surface area contributed by atoms with Gasteiger partial charge in [-0.15, -0.1) is 0 Å². The molecule has 0 fully saturated rings. The number of carbonyl (C=O) groups excluding carboxylic acids is 1. The summed E-state index contributed by atoms with van der Waals surface area (Å²) in [5, 5.41) is 13.6. The molecule has 130 valence electrons. The lowest BCUT2D eigenvalue weighted by atomic mass is 10.2. The molecule has 25 heavy (non-hydrogen) atoms. The standard InChI is InChI=1S/C16H12Br2N2O5/c1-23-12-5-14-13(24-7-25-14)4-9(12)6-19-20-16(22)8-2-10(17)15(21)11(18)3-8/h2-6,21H,7H2,1H3,(H,20,22)/b19-6+. The molecular formula is C16H12Br2N2O5. The van der Waals surface area contributed by atoms with Gasteiger partial charge in [-0.2, -0.15) is 5.10 Å². The molecule has 0 aromatic heterocycles. The molecular weight excluding hydrogens is 460 g/mol. The number of fused-ring (bicyclic) bond motifs is 1. The van der Waals surface area contributed by atoms with Crippen LogP contribution in [0.5, 0.6) is 23.0 Å². The van der Waals surface area contributed by atoms with Crippen LogP contribution in [0, 0.1) is 0 Å². The second kappa shape index (κ2) is 7.32. The van der Waals surface area contributed by atoms with Crippen LogP contribution in [0.4, 0.5) is 0 Å². The van der Waals surface area contributed by atoms with Crippen molar-refractivity contribution in [1.29, 1.82) is 0 Å². The first kappa shape index (κ1) is 17.6. The number of hydrogen-bond acceptors (Lipinski definition) is 6. The molecule has 3 rings (SSSR count). The Morgan fingerprint density at radius 1 is 1.24 bits per heavy atom. The van der Waals surface area contributed by atoms with Gasteiger partial charge in [-0.05, 0) is 50.1 Å². The van der Waals surface area contributed by atoms with Crippen molar-refractivity contribution in [1.82, 2.24) is 5.43 Å². The molecule has 7 nitrogen and oxygen atoms in total. The number of benzene rings is 2. The Labute approximate surface area is 159 Å². The molecule has 0 radical (unpaired) electrons. The van der Waals surface area contributed by atoms with E-state index < -0.39 is 5.91 Å². The summed E-state index contributed by atoms with van der Waals surface area (Å²) >= 11 is 6.35.